The number of aliphatic hydroxyl groups excluding tert-OH is 1. The molecule has 46 heavy (non-hydrogen) atoms. The molecule has 0 spiro atoms. The summed E-state index contributed by atoms with van der Waals surface area (Å²) in [6.45, 7) is 12.6. The molecule has 2 heterocycles. The van der Waals surface area contributed by atoms with Gasteiger partial charge in [0.25, 0.3) is 0 Å². The van der Waals surface area contributed by atoms with E-state index in [1.165, 1.54) is 26.8 Å². The van der Waals surface area contributed by atoms with Crippen molar-refractivity contribution in [1.29, 1.82) is 0 Å². The molecule has 1 aliphatic heterocycles. The standard InChI is InChI=1S/C27H28GeNO.C13H24O2.Ir/c1-6-17(7-2)24-19-11-9-8-10-18(19)16-21-26-25-20(14-15-29-26)22(28(3,4)5)12-13-23(25)30-27(21)24;1-5-10(6-2)12(14)9-13(15)11(7-3)8-4;/h8-15,17H,6-7H2,1-5H3;9-11,14H,5-8H2,1-4H3;/q-1;;/b;12-9-;. The molecule has 0 saturated heterocycles. The van der Waals surface area contributed by atoms with Gasteiger partial charge in [0.2, 0.25) is 0 Å². The fourth-order valence-corrected chi connectivity index (χ4v) is 10.1. The first-order valence-electron chi connectivity index (χ1n) is 17.1. The SMILES string of the molecule is CCC(CC)C(=O)/C=C(\O)C(CC)CC.CCC(CC)c1c2c([c-]c3ccccc13)-c1nccc3[c]([Ge]([CH3])([CH3])[CH3])ccc(c13)O2.[Ir]. The zero-order valence-corrected chi connectivity index (χ0v) is 33.7. The van der Waals surface area contributed by atoms with Crippen LogP contribution < -0.4 is 9.13 Å². The number of aliphatic hydroxyl groups is 1. The summed E-state index contributed by atoms with van der Waals surface area (Å²) in [7, 11) is 0. The maximum atomic E-state index is 11.7. The first kappa shape index (κ1) is 38.0. The summed E-state index contributed by atoms with van der Waals surface area (Å²) in [4.78, 5) is 16.6. The van der Waals surface area contributed by atoms with Gasteiger partial charge in [-0.2, -0.15) is 0 Å². The summed E-state index contributed by atoms with van der Waals surface area (Å²) in [5.41, 5.74) is 3.36. The van der Waals surface area contributed by atoms with Crippen LogP contribution in [0.2, 0.25) is 17.3 Å². The van der Waals surface area contributed by atoms with Crippen LogP contribution in [0.3, 0.4) is 0 Å². The molecule has 249 valence electrons. The van der Waals surface area contributed by atoms with Crippen molar-refractivity contribution in [1.82, 2.24) is 4.98 Å². The number of carbonyl (C=O) groups is 1. The van der Waals surface area contributed by atoms with Crippen LogP contribution in [0.5, 0.6) is 11.5 Å². The number of allylic oxidation sites excluding steroid dienone is 2. The molecule has 1 radical (unpaired) electrons. The molecular formula is C40H52GeIrNO3-. The van der Waals surface area contributed by atoms with E-state index in [2.05, 4.69) is 79.6 Å². The second-order valence-electron chi connectivity index (χ2n) is 13.3. The van der Waals surface area contributed by atoms with Crippen molar-refractivity contribution < 1.29 is 34.7 Å². The summed E-state index contributed by atoms with van der Waals surface area (Å²) in [5.74, 6) is 10.2. The number of hydrogen-bond donors (Lipinski definition) is 1. The minimum absolute atomic E-state index is 0. The van der Waals surface area contributed by atoms with Crippen molar-refractivity contribution >= 4 is 45.0 Å². The molecule has 0 aliphatic carbocycles. The molecule has 0 bridgehead atoms. The van der Waals surface area contributed by atoms with Gasteiger partial charge < -0.3 is 5.11 Å². The molecule has 5 rings (SSSR count). The number of nitrogens with zero attached hydrogens (tertiary/aromatic N) is 1. The van der Waals surface area contributed by atoms with Gasteiger partial charge in [0.1, 0.15) is 0 Å². The van der Waals surface area contributed by atoms with Gasteiger partial charge in [-0.3, -0.25) is 4.79 Å². The van der Waals surface area contributed by atoms with Crippen LogP contribution in [-0.4, -0.2) is 29.1 Å². The van der Waals surface area contributed by atoms with Crippen molar-refractivity contribution in [3.8, 4) is 22.8 Å². The second kappa shape index (κ2) is 16.6. The van der Waals surface area contributed by atoms with Crippen molar-refractivity contribution in [2.75, 3.05) is 0 Å². The Morgan fingerprint density at radius 3 is 2.09 bits per heavy atom. The van der Waals surface area contributed by atoms with Gasteiger partial charge in [0.15, 0.2) is 5.78 Å². The number of aromatic nitrogens is 1. The fourth-order valence-electron chi connectivity index (χ4n) is 6.74. The molecule has 1 aromatic heterocycles. The zero-order valence-electron chi connectivity index (χ0n) is 29.2. The molecule has 6 heteroatoms. The molecule has 4 nitrogen and oxygen atoms in total. The molecule has 3 aromatic carbocycles. The molecule has 0 fully saturated rings. The van der Waals surface area contributed by atoms with E-state index in [9.17, 15) is 9.90 Å². The van der Waals surface area contributed by atoms with Crippen LogP contribution in [0.1, 0.15) is 91.5 Å². The predicted molar refractivity (Wildman–Crippen MR) is 194 cm³/mol. The number of rotatable bonds is 11. The first-order chi connectivity index (χ1) is 21.5. The normalized spacial score (nSPS) is 12.6. The Morgan fingerprint density at radius 2 is 1.50 bits per heavy atom. The van der Waals surface area contributed by atoms with Gasteiger partial charge in [-0.15, -0.1) is 0 Å². The van der Waals surface area contributed by atoms with Crippen LogP contribution in [0.4, 0.5) is 0 Å². The van der Waals surface area contributed by atoms with E-state index >= 15 is 0 Å². The summed E-state index contributed by atoms with van der Waals surface area (Å²) >= 11 is -2.04. The van der Waals surface area contributed by atoms with Crippen molar-refractivity contribution in [3.63, 3.8) is 0 Å². The molecule has 0 atom stereocenters. The first-order valence-corrected chi connectivity index (χ1v) is 24.4. The third kappa shape index (κ3) is 7.80. The number of benzene rings is 3. The van der Waals surface area contributed by atoms with E-state index in [1.807, 2.05) is 33.9 Å². The number of carbonyl (C=O) groups excluding carboxylic acids is 1. The van der Waals surface area contributed by atoms with Crippen molar-refractivity contribution in [2.45, 2.75) is 103 Å². The van der Waals surface area contributed by atoms with Crippen LogP contribution in [0, 0.1) is 17.9 Å². The average molecular weight is 860 g/mol. The quantitative estimate of drug-likeness (QED) is 0.0622. The largest absolute Gasteiger partial charge is 0 e. The maximum Gasteiger partial charge on any atom is 0 e. The van der Waals surface area contributed by atoms with Crippen LogP contribution in [-0.2, 0) is 24.9 Å². The maximum absolute atomic E-state index is 11.7. The van der Waals surface area contributed by atoms with E-state index in [-0.39, 0.29) is 43.5 Å². The number of fused-ring (bicyclic) bond motifs is 3. The van der Waals surface area contributed by atoms with Gasteiger partial charge in [-0.05, 0) is 25.7 Å². The van der Waals surface area contributed by atoms with Gasteiger partial charge in [0, 0.05) is 38.0 Å². The zero-order chi connectivity index (χ0) is 32.9. The smallest absolute Gasteiger partial charge is 0 e. The second-order valence-corrected chi connectivity index (χ2v) is 23.9. The molecular weight excluding hydrogens is 807 g/mol. The fraction of sp³-hybridized carbons (Fsp3) is 0.450. The summed E-state index contributed by atoms with van der Waals surface area (Å²) in [6, 6.07) is 18.9. The molecule has 4 aromatic rings. The van der Waals surface area contributed by atoms with Gasteiger partial charge in [-0.1, -0.05) is 27.7 Å². The minimum atomic E-state index is -2.04. The van der Waals surface area contributed by atoms with E-state index < -0.39 is 13.3 Å². The van der Waals surface area contributed by atoms with Crippen molar-refractivity contribution in [2.24, 2.45) is 11.8 Å². The Labute approximate surface area is 293 Å². The third-order valence-corrected chi connectivity index (χ3v) is 13.9. The van der Waals surface area contributed by atoms with Crippen LogP contribution in [0.15, 0.2) is 60.5 Å². The predicted octanol–water partition coefficient (Wildman–Crippen LogP) is 11.3. The van der Waals surface area contributed by atoms with E-state index in [1.54, 1.807) is 0 Å². The van der Waals surface area contributed by atoms with Gasteiger partial charge >= 0.3 is 182 Å². The summed E-state index contributed by atoms with van der Waals surface area (Å²) in [6.07, 6.45) is 9.04. The monoisotopic (exact) mass is 861 g/mol. The Kier molecular flexibility index (Phi) is 13.7. The van der Waals surface area contributed by atoms with Gasteiger partial charge in [-0.25, -0.2) is 0 Å². The van der Waals surface area contributed by atoms with Crippen LogP contribution in [0.25, 0.3) is 32.8 Å². The Bertz CT molecular complexity index is 1680. The molecule has 0 saturated carbocycles. The third-order valence-electron chi connectivity index (χ3n) is 9.57. The summed E-state index contributed by atoms with van der Waals surface area (Å²) in [5, 5.41) is 14.6. The molecule has 1 aliphatic rings. The molecule has 1 N–H and O–H groups in total. The Balaban J connectivity index is 0.000000309. The number of ether oxygens (including phenoxy) is 1. The topological polar surface area (TPSA) is 59.4 Å². The number of ketones is 1. The van der Waals surface area contributed by atoms with Crippen LogP contribution >= 0.6 is 0 Å². The average Bonchev–Trinajstić information content (AvgIpc) is 3.02. The van der Waals surface area contributed by atoms with Gasteiger partial charge in [0.05, 0.1) is 5.76 Å². The molecule has 0 amide bonds. The minimum Gasteiger partial charge on any atom is 0 e. The van der Waals surface area contributed by atoms with E-state index in [0.717, 1.165) is 72.1 Å². The molecule has 0 unspecified atom stereocenters. The summed E-state index contributed by atoms with van der Waals surface area (Å²) < 4.78 is 8.20. The van der Waals surface area contributed by atoms with Crippen molar-refractivity contribution in [3.05, 3.63) is 72.1 Å². The Morgan fingerprint density at radius 1 is 0.870 bits per heavy atom. The number of pyridine rings is 1. The Hall–Kier alpha value is -2.47. The van der Waals surface area contributed by atoms with E-state index in [4.69, 9.17) is 9.72 Å². The van der Waals surface area contributed by atoms with E-state index in [0.29, 0.717) is 5.92 Å². The number of hydrogen-bond acceptors (Lipinski definition) is 4.